The molecule has 6 nitrogen and oxygen atoms in total. The van der Waals surface area contributed by atoms with Crippen LogP contribution in [0.5, 0.6) is 0 Å². The summed E-state index contributed by atoms with van der Waals surface area (Å²) >= 11 is 0. The Bertz CT molecular complexity index is 1470. The first kappa shape index (κ1) is 25.6. The van der Waals surface area contributed by atoms with Gasteiger partial charge in [0.05, 0.1) is 23.5 Å². The molecule has 2 aliphatic heterocycles. The Morgan fingerprint density at radius 1 is 0.949 bits per heavy atom. The number of carbonyl (C=O) groups is 1. The minimum Gasteiger partial charge on any atom is -0.368 e. The number of piperazine rings is 1. The third kappa shape index (κ3) is 5.28. The minimum atomic E-state index is -0.253. The summed E-state index contributed by atoms with van der Waals surface area (Å²) in [6.45, 7) is 9.89. The SMILES string of the molecule is Cc1ccc(N2CCN(C(=O)[C@H]3CCCN(Cc4nc5ccccc5n4-c4ccc(F)cc4)C3)CC2)c(C)c1. The van der Waals surface area contributed by atoms with Gasteiger partial charge in [-0.1, -0.05) is 29.8 Å². The van der Waals surface area contributed by atoms with Crippen LogP contribution in [-0.4, -0.2) is 64.5 Å². The average Bonchev–Trinajstić information content (AvgIpc) is 3.31. The number of imidazole rings is 1. The number of nitrogens with zero attached hydrogens (tertiary/aromatic N) is 5. The molecular formula is C32H36FN5O. The van der Waals surface area contributed by atoms with Crippen molar-refractivity contribution in [3.63, 3.8) is 0 Å². The van der Waals surface area contributed by atoms with Gasteiger partial charge in [-0.05, 0) is 81.3 Å². The van der Waals surface area contributed by atoms with E-state index in [1.54, 1.807) is 12.1 Å². The molecule has 1 atom stereocenters. The van der Waals surface area contributed by atoms with Gasteiger partial charge in [0.1, 0.15) is 11.6 Å². The monoisotopic (exact) mass is 525 g/mol. The number of likely N-dealkylation sites (tertiary alicyclic amines) is 1. The molecule has 0 saturated carbocycles. The van der Waals surface area contributed by atoms with Gasteiger partial charge >= 0.3 is 0 Å². The standard InChI is InChI=1S/C32H36FN5O/c1-23-9-14-29(24(2)20-23)36-16-18-37(19-17-36)32(39)25-6-5-15-35(21-25)22-31-34-28-7-3-4-8-30(28)38(31)27-12-10-26(33)11-13-27/h3-4,7-14,20,25H,5-6,15-19,21-22H2,1-2H3/t25-/m0/s1. The van der Waals surface area contributed by atoms with Gasteiger partial charge in [0.2, 0.25) is 5.91 Å². The van der Waals surface area contributed by atoms with E-state index in [4.69, 9.17) is 4.98 Å². The van der Waals surface area contributed by atoms with Crippen molar-refractivity contribution in [2.75, 3.05) is 44.2 Å². The van der Waals surface area contributed by atoms with Crippen LogP contribution >= 0.6 is 0 Å². The fraction of sp³-hybridized carbons (Fsp3) is 0.375. The lowest BCUT2D eigenvalue weighted by atomic mass is 9.96. The summed E-state index contributed by atoms with van der Waals surface area (Å²) in [7, 11) is 0. The number of amides is 1. The second-order valence-corrected chi connectivity index (χ2v) is 11.0. The summed E-state index contributed by atoms with van der Waals surface area (Å²) in [4.78, 5) is 25.4. The highest BCUT2D eigenvalue weighted by Gasteiger charge is 2.32. The first-order valence-electron chi connectivity index (χ1n) is 14.0. The molecule has 7 heteroatoms. The molecule has 1 amide bonds. The predicted octanol–water partition coefficient (Wildman–Crippen LogP) is 5.34. The molecule has 0 radical (unpaired) electrons. The maximum Gasteiger partial charge on any atom is 0.227 e. The zero-order chi connectivity index (χ0) is 26.9. The fourth-order valence-electron chi connectivity index (χ4n) is 6.25. The maximum absolute atomic E-state index is 13.7. The fourth-order valence-corrected chi connectivity index (χ4v) is 6.25. The van der Waals surface area contributed by atoms with E-state index < -0.39 is 0 Å². The number of hydrogen-bond acceptors (Lipinski definition) is 4. The van der Waals surface area contributed by atoms with Crippen LogP contribution in [0.2, 0.25) is 0 Å². The molecule has 0 N–H and O–H groups in total. The smallest absolute Gasteiger partial charge is 0.227 e. The van der Waals surface area contributed by atoms with Crippen LogP contribution in [0.1, 0.15) is 29.8 Å². The third-order valence-corrected chi connectivity index (χ3v) is 8.22. The predicted molar refractivity (Wildman–Crippen MR) is 154 cm³/mol. The van der Waals surface area contributed by atoms with E-state index in [0.29, 0.717) is 6.54 Å². The van der Waals surface area contributed by atoms with Crippen LogP contribution in [0, 0.1) is 25.6 Å². The normalized spacial score (nSPS) is 18.6. The van der Waals surface area contributed by atoms with E-state index in [1.165, 1.54) is 28.9 Å². The molecule has 0 spiro atoms. The van der Waals surface area contributed by atoms with Gasteiger partial charge in [0.15, 0.2) is 0 Å². The third-order valence-electron chi connectivity index (χ3n) is 8.22. The summed E-state index contributed by atoms with van der Waals surface area (Å²) in [5.41, 5.74) is 6.67. The second-order valence-electron chi connectivity index (χ2n) is 11.0. The number of carbonyl (C=O) groups excluding carboxylic acids is 1. The van der Waals surface area contributed by atoms with Crippen LogP contribution in [-0.2, 0) is 11.3 Å². The Morgan fingerprint density at radius 2 is 1.72 bits per heavy atom. The van der Waals surface area contributed by atoms with E-state index in [2.05, 4.69) is 57.4 Å². The molecule has 2 fully saturated rings. The van der Waals surface area contributed by atoms with Crippen molar-refractivity contribution in [3.8, 4) is 5.69 Å². The molecule has 0 aliphatic carbocycles. The number of aryl methyl sites for hydroxylation is 2. The molecule has 0 bridgehead atoms. The molecule has 39 heavy (non-hydrogen) atoms. The van der Waals surface area contributed by atoms with E-state index in [0.717, 1.165) is 74.7 Å². The number of aromatic nitrogens is 2. The number of rotatable bonds is 5. The quantitative estimate of drug-likeness (QED) is 0.353. The molecule has 202 valence electrons. The van der Waals surface area contributed by atoms with Gasteiger partial charge in [0, 0.05) is 44.1 Å². The Hall–Kier alpha value is -3.71. The van der Waals surface area contributed by atoms with Gasteiger partial charge in [-0.25, -0.2) is 9.37 Å². The lowest BCUT2D eigenvalue weighted by molar-refractivity contribution is -0.137. The topological polar surface area (TPSA) is 44.6 Å². The lowest BCUT2D eigenvalue weighted by Gasteiger charge is -2.40. The number of piperidine rings is 1. The number of benzene rings is 3. The first-order chi connectivity index (χ1) is 19.0. The van der Waals surface area contributed by atoms with Gasteiger partial charge in [-0.2, -0.15) is 0 Å². The largest absolute Gasteiger partial charge is 0.368 e. The van der Waals surface area contributed by atoms with Crippen LogP contribution in [0.15, 0.2) is 66.7 Å². The summed E-state index contributed by atoms with van der Waals surface area (Å²) < 4.78 is 15.8. The van der Waals surface area contributed by atoms with Crippen molar-refractivity contribution in [3.05, 3.63) is 89.5 Å². The molecule has 0 unspecified atom stereocenters. The van der Waals surface area contributed by atoms with Crippen LogP contribution in [0.3, 0.4) is 0 Å². The van der Waals surface area contributed by atoms with Crippen molar-refractivity contribution in [2.24, 2.45) is 5.92 Å². The lowest BCUT2D eigenvalue weighted by Crippen LogP contribution is -2.52. The highest BCUT2D eigenvalue weighted by molar-refractivity contribution is 5.80. The second kappa shape index (κ2) is 10.8. The summed E-state index contributed by atoms with van der Waals surface area (Å²) in [5, 5.41) is 0. The summed E-state index contributed by atoms with van der Waals surface area (Å²) in [5.74, 6) is 0.956. The zero-order valence-corrected chi connectivity index (χ0v) is 22.8. The summed E-state index contributed by atoms with van der Waals surface area (Å²) in [6.07, 6.45) is 1.93. The van der Waals surface area contributed by atoms with Crippen LogP contribution in [0.25, 0.3) is 16.7 Å². The van der Waals surface area contributed by atoms with E-state index in [9.17, 15) is 9.18 Å². The molecule has 6 rings (SSSR count). The number of anilines is 1. The Labute approximate surface area is 229 Å². The van der Waals surface area contributed by atoms with E-state index >= 15 is 0 Å². The molecule has 1 aromatic heterocycles. The van der Waals surface area contributed by atoms with Crippen molar-refractivity contribution in [1.82, 2.24) is 19.4 Å². The maximum atomic E-state index is 13.7. The van der Waals surface area contributed by atoms with Gasteiger partial charge in [-0.15, -0.1) is 0 Å². The van der Waals surface area contributed by atoms with Crippen molar-refractivity contribution < 1.29 is 9.18 Å². The van der Waals surface area contributed by atoms with Gasteiger partial charge in [0.25, 0.3) is 0 Å². The van der Waals surface area contributed by atoms with E-state index in [1.807, 2.05) is 18.2 Å². The Morgan fingerprint density at radius 3 is 2.49 bits per heavy atom. The number of fused-ring (bicyclic) bond motifs is 1. The number of halogens is 1. The van der Waals surface area contributed by atoms with Crippen LogP contribution in [0.4, 0.5) is 10.1 Å². The number of hydrogen-bond donors (Lipinski definition) is 0. The average molecular weight is 526 g/mol. The van der Waals surface area contributed by atoms with Crippen molar-refractivity contribution >= 4 is 22.6 Å². The van der Waals surface area contributed by atoms with Gasteiger partial charge < -0.3 is 9.80 Å². The molecule has 4 aromatic rings. The molecule has 3 heterocycles. The Balaban J connectivity index is 1.14. The first-order valence-corrected chi connectivity index (χ1v) is 14.0. The molecule has 2 aliphatic rings. The molecular weight excluding hydrogens is 489 g/mol. The van der Waals surface area contributed by atoms with Crippen molar-refractivity contribution in [2.45, 2.75) is 33.2 Å². The molecule has 3 aromatic carbocycles. The van der Waals surface area contributed by atoms with Crippen molar-refractivity contribution in [1.29, 1.82) is 0 Å². The zero-order valence-electron chi connectivity index (χ0n) is 22.8. The highest BCUT2D eigenvalue weighted by Crippen LogP contribution is 2.27. The van der Waals surface area contributed by atoms with Gasteiger partial charge in [-0.3, -0.25) is 14.3 Å². The minimum absolute atomic E-state index is 0.00932. The number of para-hydroxylation sites is 2. The highest BCUT2D eigenvalue weighted by atomic mass is 19.1. The summed E-state index contributed by atoms with van der Waals surface area (Å²) in [6, 6.07) is 21.2. The van der Waals surface area contributed by atoms with E-state index in [-0.39, 0.29) is 17.6 Å². The Kier molecular flexibility index (Phi) is 7.09. The van der Waals surface area contributed by atoms with Crippen LogP contribution < -0.4 is 4.90 Å². The molecule has 2 saturated heterocycles.